The van der Waals surface area contributed by atoms with Crippen molar-refractivity contribution in [3.8, 4) is 5.75 Å². The third-order valence-electron chi connectivity index (χ3n) is 4.22. The Morgan fingerprint density at radius 1 is 1.00 bits per heavy atom. The van der Waals surface area contributed by atoms with Crippen LogP contribution in [0.15, 0.2) is 24.3 Å². The molecule has 0 amide bonds. The lowest BCUT2D eigenvalue weighted by Crippen LogP contribution is -2.23. The maximum absolute atomic E-state index is 5.74. The van der Waals surface area contributed by atoms with Crippen LogP contribution in [0.2, 0.25) is 0 Å². The summed E-state index contributed by atoms with van der Waals surface area (Å²) < 4.78 is 5.74. The van der Waals surface area contributed by atoms with E-state index >= 15 is 0 Å². The lowest BCUT2D eigenvalue weighted by Gasteiger charge is -2.23. The van der Waals surface area contributed by atoms with Crippen LogP contribution in [-0.2, 0) is 0 Å². The van der Waals surface area contributed by atoms with Crippen LogP contribution in [0.3, 0.4) is 0 Å². The third-order valence-corrected chi connectivity index (χ3v) is 4.22. The molecule has 2 nitrogen and oxygen atoms in total. The van der Waals surface area contributed by atoms with E-state index < -0.39 is 0 Å². The van der Waals surface area contributed by atoms with E-state index in [1.54, 1.807) is 0 Å². The van der Waals surface area contributed by atoms with Gasteiger partial charge in [-0.2, -0.15) is 0 Å². The minimum atomic E-state index is 0.463. The average Bonchev–Trinajstić information content (AvgIpc) is 2.52. The molecule has 1 aromatic rings. The van der Waals surface area contributed by atoms with Crippen molar-refractivity contribution in [1.82, 2.24) is 5.32 Å². The standard InChI is InChI=1S/C19H33NO/c1-5-9-14-21-18-12-10-17(11-13-18)19(20-8-4)15-16(6-2)7-3/h10-13,16,19-20H,5-9,14-15H2,1-4H3. The molecule has 120 valence electrons. The maximum Gasteiger partial charge on any atom is 0.119 e. The third kappa shape index (κ3) is 6.52. The monoisotopic (exact) mass is 291 g/mol. The number of benzene rings is 1. The summed E-state index contributed by atoms with van der Waals surface area (Å²) in [6.07, 6.45) is 6.04. The Morgan fingerprint density at radius 3 is 2.19 bits per heavy atom. The summed E-state index contributed by atoms with van der Waals surface area (Å²) in [7, 11) is 0. The molecule has 0 saturated heterocycles. The van der Waals surface area contributed by atoms with Gasteiger partial charge in [-0.1, -0.05) is 59.1 Å². The molecule has 0 aromatic heterocycles. The van der Waals surface area contributed by atoms with Crippen LogP contribution >= 0.6 is 0 Å². The first-order valence-electron chi connectivity index (χ1n) is 8.71. The molecule has 1 rings (SSSR count). The van der Waals surface area contributed by atoms with Gasteiger partial charge in [-0.3, -0.25) is 0 Å². The highest BCUT2D eigenvalue weighted by molar-refractivity contribution is 5.29. The number of rotatable bonds is 11. The molecule has 0 aliphatic carbocycles. The van der Waals surface area contributed by atoms with Crippen molar-refractivity contribution >= 4 is 0 Å². The predicted octanol–water partition coefficient (Wildman–Crippen LogP) is 5.34. The van der Waals surface area contributed by atoms with Crippen molar-refractivity contribution in [1.29, 1.82) is 0 Å². The van der Waals surface area contributed by atoms with Gasteiger partial charge < -0.3 is 10.1 Å². The van der Waals surface area contributed by atoms with Gasteiger partial charge in [-0.25, -0.2) is 0 Å². The van der Waals surface area contributed by atoms with E-state index in [0.29, 0.717) is 6.04 Å². The van der Waals surface area contributed by atoms with Gasteiger partial charge in [0, 0.05) is 6.04 Å². The first-order chi connectivity index (χ1) is 10.2. The summed E-state index contributed by atoms with van der Waals surface area (Å²) >= 11 is 0. The molecule has 0 spiro atoms. The van der Waals surface area contributed by atoms with Crippen LogP contribution in [0.1, 0.15) is 71.4 Å². The van der Waals surface area contributed by atoms with Crippen molar-refractivity contribution in [2.45, 2.75) is 65.8 Å². The molecule has 1 unspecified atom stereocenters. The fraction of sp³-hybridized carbons (Fsp3) is 0.684. The first kappa shape index (κ1) is 18.0. The summed E-state index contributed by atoms with van der Waals surface area (Å²) in [6.45, 7) is 10.8. The SMILES string of the molecule is CCCCOc1ccc(C(CC(CC)CC)NCC)cc1. The molecule has 21 heavy (non-hydrogen) atoms. The molecule has 1 aromatic carbocycles. The number of hydrogen-bond donors (Lipinski definition) is 1. The van der Waals surface area contributed by atoms with Crippen LogP contribution in [0.25, 0.3) is 0 Å². The Hall–Kier alpha value is -1.02. The van der Waals surface area contributed by atoms with E-state index in [2.05, 4.69) is 57.3 Å². The van der Waals surface area contributed by atoms with Crippen molar-refractivity contribution in [3.63, 3.8) is 0 Å². The number of hydrogen-bond acceptors (Lipinski definition) is 2. The zero-order chi connectivity index (χ0) is 15.5. The maximum atomic E-state index is 5.74. The molecule has 0 radical (unpaired) electrons. The number of nitrogens with one attached hydrogen (secondary N) is 1. The Bertz CT molecular complexity index is 356. The van der Waals surface area contributed by atoms with Crippen LogP contribution < -0.4 is 10.1 Å². The molecular weight excluding hydrogens is 258 g/mol. The molecule has 0 aliphatic heterocycles. The summed E-state index contributed by atoms with van der Waals surface area (Å²) in [5.41, 5.74) is 1.38. The summed E-state index contributed by atoms with van der Waals surface area (Å²) in [6, 6.07) is 9.13. The van der Waals surface area contributed by atoms with Gasteiger partial charge in [-0.05, 0) is 43.0 Å². The van der Waals surface area contributed by atoms with Crippen LogP contribution in [0.4, 0.5) is 0 Å². The van der Waals surface area contributed by atoms with Crippen LogP contribution in [0, 0.1) is 5.92 Å². The molecule has 0 aliphatic rings. The molecular formula is C19H33NO. The second kappa shape index (κ2) is 10.7. The van der Waals surface area contributed by atoms with E-state index in [4.69, 9.17) is 4.74 Å². The summed E-state index contributed by atoms with van der Waals surface area (Å²) in [5.74, 6) is 1.79. The highest BCUT2D eigenvalue weighted by Gasteiger charge is 2.15. The van der Waals surface area contributed by atoms with Gasteiger partial charge in [0.15, 0.2) is 0 Å². The summed E-state index contributed by atoms with van der Waals surface area (Å²) in [5, 5.41) is 3.63. The van der Waals surface area contributed by atoms with Gasteiger partial charge in [-0.15, -0.1) is 0 Å². The minimum absolute atomic E-state index is 0.463. The zero-order valence-corrected chi connectivity index (χ0v) is 14.3. The van der Waals surface area contributed by atoms with Crippen molar-refractivity contribution in [2.24, 2.45) is 5.92 Å². The molecule has 0 bridgehead atoms. The second-order valence-corrected chi connectivity index (χ2v) is 5.80. The fourth-order valence-corrected chi connectivity index (χ4v) is 2.67. The highest BCUT2D eigenvalue weighted by atomic mass is 16.5. The fourth-order valence-electron chi connectivity index (χ4n) is 2.67. The smallest absolute Gasteiger partial charge is 0.119 e. The van der Waals surface area contributed by atoms with Crippen molar-refractivity contribution < 1.29 is 4.74 Å². The normalized spacial score (nSPS) is 12.6. The minimum Gasteiger partial charge on any atom is -0.494 e. The lowest BCUT2D eigenvalue weighted by atomic mass is 9.91. The van der Waals surface area contributed by atoms with Gasteiger partial charge in [0.05, 0.1) is 6.61 Å². The van der Waals surface area contributed by atoms with Crippen LogP contribution in [-0.4, -0.2) is 13.2 Å². The Labute approximate surface area is 131 Å². The van der Waals surface area contributed by atoms with Crippen molar-refractivity contribution in [2.75, 3.05) is 13.2 Å². The van der Waals surface area contributed by atoms with Crippen molar-refractivity contribution in [3.05, 3.63) is 29.8 Å². The second-order valence-electron chi connectivity index (χ2n) is 5.80. The van der Waals surface area contributed by atoms with Crippen LogP contribution in [0.5, 0.6) is 5.75 Å². The Kier molecular flexibility index (Phi) is 9.16. The highest BCUT2D eigenvalue weighted by Crippen LogP contribution is 2.26. The molecule has 0 heterocycles. The first-order valence-corrected chi connectivity index (χ1v) is 8.71. The molecule has 0 fully saturated rings. The van der Waals surface area contributed by atoms with E-state index in [9.17, 15) is 0 Å². The summed E-state index contributed by atoms with van der Waals surface area (Å²) in [4.78, 5) is 0. The van der Waals surface area contributed by atoms with E-state index in [-0.39, 0.29) is 0 Å². The average molecular weight is 291 g/mol. The van der Waals surface area contributed by atoms with Gasteiger partial charge in [0.2, 0.25) is 0 Å². The molecule has 2 heteroatoms. The quantitative estimate of drug-likeness (QED) is 0.555. The Balaban J connectivity index is 2.65. The van der Waals surface area contributed by atoms with E-state index in [0.717, 1.165) is 31.2 Å². The molecule has 0 saturated carbocycles. The largest absolute Gasteiger partial charge is 0.494 e. The van der Waals surface area contributed by atoms with Gasteiger partial charge in [0.25, 0.3) is 0 Å². The lowest BCUT2D eigenvalue weighted by molar-refractivity contribution is 0.309. The van der Waals surface area contributed by atoms with Gasteiger partial charge in [0.1, 0.15) is 5.75 Å². The van der Waals surface area contributed by atoms with E-state index in [1.807, 2.05) is 0 Å². The topological polar surface area (TPSA) is 21.3 Å². The molecule has 1 atom stereocenters. The Morgan fingerprint density at radius 2 is 1.67 bits per heavy atom. The number of unbranched alkanes of at least 4 members (excludes halogenated alkanes) is 1. The zero-order valence-electron chi connectivity index (χ0n) is 14.3. The van der Waals surface area contributed by atoms with Gasteiger partial charge >= 0.3 is 0 Å². The predicted molar refractivity (Wildman–Crippen MR) is 92.0 cm³/mol. The van der Waals surface area contributed by atoms with E-state index in [1.165, 1.54) is 31.2 Å². The number of ether oxygens (including phenoxy) is 1. The molecule has 1 N–H and O–H groups in total.